The van der Waals surface area contributed by atoms with E-state index < -0.39 is 16.1 Å². The molecule has 1 fully saturated rings. The standard InChI is InChI=1S/C17H26N4O4S/c1-4-18-17(23)19-16(22)12-20-7-9-21(10-8-20)26(24,25)15-11-13(2)5-6-14(15)3/h5-6,11H,4,7-10,12H2,1-3H3,(H2,18,19,22,23)/p+1. The highest BCUT2D eigenvalue weighted by molar-refractivity contribution is 7.89. The monoisotopic (exact) mass is 383 g/mol. The number of aryl methyl sites for hydroxylation is 2. The molecule has 1 aliphatic heterocycles. The van der Waals surface area contributed by atoms with E-state index >= 15 is 0 Å². The minimum atomic E-state index is -3.54. The first-order valence-electron chi connectivity index (χ1n) is 8.72. The Morgan fingerprint density at radius 2 is 1.85 bits per heavy atom. The van der Waals surface area contributed by atoms with Gasteiger partial charge in [-0.2, -0.15) is 4.31 Å². The molecule has 1 aromatic carbocycles. The molecule has 0 aliphatic carbocycles. The summed E-state index contributed by atoms with van der Waals surface area (Å²) in [6.07, 6.45) is 0. The number of nitrogens with one attached hydrogen (secondary N) is 3. The molecule has 1 aliphatic rings. The molecule has 3 amide bonds. The molecule has 3 N–H and O–H groups in total. The van der Waals surface area contributed by atoms with Gasteiger partial charge in [-0.25, -0.2) is 13.2 Å². The van der Waals surface area contributed by atoms with E-state index in [1.54, 1.807) is 19.9 Å². The highest BCUT2D eigenvalue weighted by Gasteiger charge is 2.32. The lowest BCUT2D eigenvalue weighted by Gasteiger charge is -2.31. The fraction of sp³-hybridized carbons (Fsp3) is 0.529. The van der Waals surface area contributed by atoms with E-state index in [1.165, 1.54) is 4.31 Å². The van der Waals surface area contributed by atoms with Crippen LogP contribution in [0.15, 0.2) is 23.1 Å². The number of quaternary nitrogens is 1. The summed E-state index contributed by atoms with van der Waals surface area (Å²) in [4.78, 5) is 24.5. The van der Waals surface area contributed by atoms with Gasteiger partial charge >= 0.3 is 6.03 Å². The zero-order chi connectivity index (χ0) is 19.3. The zero-order valence-corrected chi connectivity index (χ0v) is 16.3. The Balaban J connectivity index is 1.94. The summed E-state index contributed by atoms with van der Waals surface area (Å²) in [5.74, 6) is -0.364. The van der Waals surface area contributed by atoms with Gasteiger partial charge < -0.3 is 10.2 Å². The molecular formula is C17H27N4O4S+. The fourth-order valence-corrected chi connectivity index (χ4v) is 4.70. The van der Waals surface area contributed by atoms with E-state index in [1.807, 2.05) is 19.1 Å². The normalized spacial score (nSPS) is 16.3. The Labute approximate surface area is 154 Å². The Bertz CT molecular complexity index is 771. The summed E-state index contributed by atoms with van der Waals surface area (Å²) in [6.45, 7) is 7.76. The number of hydrogen-bond acceptors (Lipinski definition) is 4. The summed E-state index contributed by atoms with van der Waals surface area (Å²) in [5, 5.41) is 4.77. The van der Waals surface area contributed by atoms with Crippen molar-refractivity contribution in [2.45, 2.75) is 25.7 Å². The van der Waals surface area contributed by atoms with Crippen LogP contribution in [-0.2, 0) is 14.8 Å². The maximum atomic E-state index is 12.9. The van der Waals surface area contributed by atoms with Crippen molar-refractivity contribution in [3.8, 4) is 0 Å². The van der Waals surface area contributed by atoms with Crippen molar-refractivity contribution in [1.29, 1.82) is 0 Å². The molecule has 1 saturated heterocycles. The Hall–Kier alpha value is -1.97. The number of carbonyl (C=O) groups is 2. The van der Waals surface area contributed by atoms with Crippen molar-refractivity contribution >= 4 is 22.0 Å². The van der Waals surface area contributed by atoms with E-state index in [0.717, 1.165) is 16.0 Å². The average molecular weight is 383 g/mol. The molecule has 1 aromatic rings. The molecule has 1 heterocycles. The molecule has 0 atom stereocenters. The van der Waals surface area contributed by atoms with Gasteiger partial charge in [0.15, 0.2) is 6.54 Å². The molecule has 0 bridgehead atoms. The molecule has 0 saturated carbocycles. The van der Waals surface area contributed by atoms with Crippen LogP contribution in [0.5, 0.6) is 0 Å². The number of carbonyl (C=O) groups excluding carboxylic acids is 2. The first kappa shape index (κ1) is 20.3. The quantitative estimate of drug-likeness (QED) is 0.610. The number of piperazine rings is 1. The number of sulfonamides is 1. The number of nitrogens with zero attached hydrogens (tertiary/aromatic N) is 1. The number of hydrogen-bond donors (Lipinski definition) is 3. The number of benzene rings is 1. The van der Waals surface area contributed by atoms with Gasteiger partial charge in [0.05, 0.1) is 31.1 Å². The third kappa shape index (κ3) is 5.03. The number of imide groups is 1. The van der Waals surface area contributed by atoms with Gasteiger partial charge in [0, 0.05) is 6.54 Å². The maximum Gasteiger partial charge on any atom is 0.321 e. The van der Waals surface area contributed by atoms with Crippen LogP contribution >= 0.6 is 0 Å². The Morgan fingerprint density at radius 3 is 2.46 bits per heavy atom. The predicted octanol–water partition coefficient (Wildman–Crippen LogP) is -0.962. The van der Waals surface area contributed by atoms with Crippen LogP contribution < -0.4 is 15.5 Å². The van der Waals surface area contributed by atoms with Crippen LogP contribution in [0.4, 0.5) is 4.79 Å². The molecular weight excluding hydrogens is 356 g/mol. The first-order chi connectivity index (χ1) is 12.2. The van der Waals surface area contributed by atoms with Crippen molar-refractivity contribution in [2.24, 2.45) is 0 Å². The highest BCUT2D eigenvalue weighted by atomic mass is 32.2. The van der Waals surface area contributed by atoms with Crippen molar-refractivity contribution < 1.29 is 22.9 Å². The molecule has 144 valence electrons. The van der Waals surface area contributed by atoms with Gasteiger partial charge in [-0.05, 0) is 38.0 Å². The van der Waals surface area contributed by atoms with E-state index in [9.17, 15) is 18.0 Å². The first-order valence-corrected chi connectivity index (χ1v) is 10.2. The highest BCUT2D eigenvalue weighted by Crippen LogP contribution is 2.21. The van der Waals surface area contributed by atoms with Crippen LogP contribution in [0.3, 0.4) is 0 Å². The topological polar surface area (TPSA) is 100 Å². The maximum absolute atomic E-state index is 12.9. The van der Waals surface area contributed by atoms with Crippen LogP contribution in [0.25, 0.3) is 0 Å². The molecule has 26 heavy (non-hydrogen) atoms. The van der Waals surface area contributed by atoms with Gasteiger partial charge in [0.25, 0.3) is 5.91 Å². The van der Waals surface area contributed by atoms with E-state index in [4.69, 9.17) is 0 Å². The van der Waals surface area contributed by atoms with Gasteiger partial charge in [-0.3, -0.25) is 10.1 Å². The van der Waals surface area contributed by atoms with Gasteiger partial charge in [-0.15, -0.1) is 0 Å². The predicted molar refractivity (Wildman–Crippen MR) is 97.5 cm³/mol. The van der Waals surface area contributed by atoms with E-state index in [0.29, 0.717) is 37.6 Å². The van der Waals surface area contributed by atoms with Crippen molar-refractivity contribution in [2.75, 3.05) is 39.3 Å². The zero-order valence-electron chi connectivity index (χ0n) is 15.5. The lowest BCUT2D eigenvalue weighted by atomic mass is 10.2. The molecule has 0 spiro atoms. The molecule has 9 heteroatoms. The summed E-state index contributed by atoms with van der Waals surface area (Å²) >= 11 is 0. The van der Waals surface area contributed by atoms with Gasteiger partial charge in [0.1, 0.15) is 0 Å². The average Bonchev–Trinajstić information content (AvgIpc) is 2.57. The number of amides is 3. The van der Waals surface area contributed by atoms with Crippen LogP contribution in [0.1, 0.15) is 18.1 Å². The third-order valence-corrected chi connectivity index (χ3v) is 6.43. The minimum absolute atomic E-state index is 0.147. The summed E-state index contributed by atoms with van der Waals surface area (Å²) < 4.78 is 27.3. The Kier molecular flexibility index (Phi) is 6.74. The molecule has 8 nitrogen and oxygen atoms in total. The minimum Gasteiger partial charge on any atom is -0.338 e. The SMILES string of the molecule is CCNC(=O)NC(=O)C[NH+]1CCN(S(=O)(=O)c2cc(C)ccc2C)CC1. The third-order valence-electron chi connectivity index (χ3n) is 4.39. The van der Waals surface area contributed by atoms with Crippen molar-refractivity contribution in [3.63, 3.8) is 0 Å². The van der Waals surface area contributed by atoms with E-state index in [2.05, 4.69) is 10.6 Å². The molecule has 0 aromatic heterocycles. The van der Waals surface area contributed by atoms with Crippen LogP contribution in [-0.4, -0.2) is 63.9 Å². The second-order valence-electron chi connectivity index (χ2n) is 6.51. The fourth-order valence-electron chi connectivity index (χ4n) is 2.95. The van der Waals surface area contributed by atoms with Crippen molar-refractivity contribution in [3.05, 3.63) is 29.3 Å². The summed E-state index contributed by atoms with van der Waals surface area (Å²) in [7, 11) is -3.54. The largest absolute Gasteiger partial charge is 0.338 e. The van der Waals surface area contributed by atoms with E-state index in [-0.39, 0.29) is 12.5 Å². The van der Waals surface area contributed by atoms with Crippen molar-refractivity contribution in [1.82, 2.24) is 14.9 Å². The summed E-state index contributed by atoms with van der Waals surface area (Å²) in [5.41, 5.74) is 1.63. The van der Waals surface area contributed by atoms with Crippen LogP contribution in [0.2, 0.25) is 0 Å². The molecule has 0 unspecified atom stereocenters. The van der Waals surface area contributed by atoms with Crippen LogP contribution in [0, 0.1) is 13.8 Å². The summed E-state index contributed by atoms with van der Waals surface area (Å²) in [6, 6.07) is 4.90. The second-order valence-corrected chi connectivity index (χ2v) is 8.41. The molecule has 2 rings (SSSR count). The number of urea groups is 1. The number of rotatable bonds is 5. The smallest absolute Gasteiger partial charge is 0.321 e. The van der Waals surface area contributed by atoms with Gasteiger partial charge in [-0.1, -0.05) is 12.1 Å². The molecule has 0 radical (unpaired) electrons. The lowest BCUT2D eigenvalue weighted by molar-refractivity contribution is -0.895. The lowest BCUT2D eigenvalue weighted by Crippen LogP contribution is -3.15. The van der Waals surface area contributed by atoms with Gasteiger partial charge in [0.2, 0.25) is 10.0 Å². The Morgan fingerprint density at radius 1 is 1.19 bits per heavy atom. The second kappa shape index (κ2) is 8.61.